The minimum atomic E-state index is -4.39. The molecule has 1 heterocycles. The first-order valence-electron chi connectivity index (χ1n) is 5.28. The highest BCUT2D eigenvalue weighted by molar-refractivity contribution is 5.47. The molecule has 0 amide bonds. The second kappa shape index (κ2) is 5.86. The Labute approximate surface area is 98.2 Å². The molecule has 1 aromatic rings. The van der Waals surface area contributed by atoms with Crippen LogP contribution in [-0.2, 0) is 10.9 Å². The number of ether oxygens (including phenoxy) is 1. The van der Waals surface area contributed by atoms with E-state index in [9.17, 15) is 13.2 Å². The van der Waals surface area contributed by atoms with Crippen LogP contribution in [-0.4, -0.2) is 31.8 Å². The SMILES string of the molecule is CCOCCN(C)c1ncccc1C(F)(F)F. The Morgan fingerprint density at radius 1 is 1.41 bits per heavy atom. The topological polar surface area (TPSA) is 25.4 Å². The molecule has 0 saturated carbocycles. The van der Waals surface area contributed by atoms with Gasteiger partial charge in [-0.15, -0.1) is 0 Å². The van der Waals surface area contributed by atoms with Crippen LogP contribution in [0.1, 0.15) is 12.5 Å². The van der Waals surface area contributed by atoms with E-state index in [2.05, 4.69) is 4.98 Å². The Kier molecular flexibility index (Phi) is 4.74. The van der Waals surface area contributed by atoms with Crippen molar-refractivity contribution in [3.05, 3.63) is 23.9 Å². The minimum absolute atomic E-state index is 0.0697. The van der Waals surface area contributed by atoms with Gasteiger partial charge in [0, 0.05) is 26.4 Å². The lowest BCUT2D eigenvalue weighted by Gasteiger charge is -2.21. The van der Waals surface area contributed by atoms with Gasteiger partial charge in [-0.3, -0.25) is 0 Å². The van der Waals surface area contributed by atoms with Crippen molar-refractivity contribution in [1.29, 1.82) is 0 Å². The summed E-state index contributed by atoms with van der Waals surface area (Å²) in [6, 6.07) is 2.31. The number of likely N-dealkylation sites (N-methyl/N-ethyl adjacent to an activating group) is 1. The van der Waals surface area contributed by atoms with E-state index in [0.717, 1.165) is 6.07 Å². The van der Waals surface area contributed by atoms with E-state index >= 15 is 0 Å². The van der Waals surface area contributed by atoms with Crippen LogP contribution >= 0.6 is 0 Å². The lowest BCUT2D eigenvalue weighted by atomic mass is 10.2. The highest BCUT2D eigenvalue weighted by atomic mass is 19.4. The number of alkyl halides is 3. The van der Waals surface area contributed by atoms with E-state index in [0.29, 0.717) is 19.8 Å². The van der Waals surface area contributed by atoms with Gasteiger partial charge in [0.05, 0.1) is 12.2 Å². The summed E-state index contributed by atoms with van der Waals surface area (Å²) in [7, 11) is 1.57. The first kappa shape index (κ1) is 13.8. The van der Waals surface area contributed by atoms with Crippen LogP contribution < -0.4 is 4.90 Å². The number of nitrogens with zero attached hydrogens (tertiary/aromatic N) is 2. The molecule has 0 aromatic carbocycles. The van der Waals surface area contributed by atoms with Crippen molar-refractivity contribution < 1.29 is 17.9 Å². The van der Waals surface area contributed by atoms with Gasteiger partial charge in [-0.05, 0) is 19.1 Å². The molecule has 0 aliphatic rings. The number of anilines is 1. The monoisotopic (exact) mass is 248 g/mol. The molecule has 0 aliphatic carbocycles. The first-order chi connectivity index (χ1) is 7.96. The molecule has 96 valence electrons. The standard InChI is InChI=1S/C11H15F3N2O/c1-3-17-8-7-16(2)10-9(11(12,13)14)5-4-6-15-10/h4-6H,3,7-8H2,1-2H3. The quantitative estimate of drug-likeness (QED) is 0.749. The fourth-order valence-electron chi connectivity index (χ4n) is 1.37. The van der Waals surface area contributed by atoms with Crippen molar-refractivity contribution >= 4 is 5.82 Å². The van der Waals surface area contributed by atoms with Crippen LogP contribution in [0.25, 0.3) is 0 Å². The summed E-state index contributed by atoms with van der Waals surface area (Å²) in [5.41, 5.74) is -0.723. The number of rotatable bonds is 5. The Hall–Kier alpha value is -1.30. The molecule has 1 rings (SSSR count). The fraction of sp³-hybridized carbons (Fsp3) is 0.545. The summed E-state index contributed by atoms with van der Waals surface area (Å²) in [4.78, 5) is 5.22. The van der Waals surface area contributed by atoms with Crippen molar-refractivity contribution in [1.82, 2.24) is 4.98 Å². The number of pyridine rings is 1. The molecule has 1 aromatic heterocycles. The molecule has 17 heavy (non-hydrogen) atoms. The van der Waals surface area contributed by atoms with Gasteiger partial charge in [0.25, 0.3) is 0 Å². The fourth-order valence-corrected chi connectivity index (χ4v) is 1.37. The number of halogens is 3. The van der Waals surface area contributed by atoms with Gasteiger partial charge in [0.15, 0.2) is 0 Å². The van der Waals surface area contributed by atoms with Gasteiger partial charge in [-0.2, -0.15) is 13.2 Å². The molecule has 0 bridgehead atoms. The predicted octanol–water partition coefficient (Wildman–Crippen LogP) is 2.57. The second-order valence-electron chi connectivity index (χ2n) is 3.49. The van der Waals surface area contributed by atoms with Crippen molar-refractivity contribution in [3.8, 4) is 0 Å². The minimum Gasteiger partial charge on any atom is -0.380 e. The van der Waals surface area contributed by atoms with Gasteiger partial charge in [0.1, 0.15) is 5.82 Å². The predicted molar refractivity (Wildman–Crippen MR) is 59.0 cm³/mol. The van der Waals surface area contributed by atoms with Gasteiger partial charge in [-0.25, -0.2) is 4.98 Å². The van der Waals surface area contributed by atoms with Crippen molar-refractivity contribution in [2.45, 2.75) is 13.1 Å². The molecule has 0 radical (unpaired) electrons. The summed E-state index contributed by atoms with van der Waals surface area (Å²) in [5.74, 6) is -0.0697. The Morgan fingerprint density at radius 2 is 2.12 bits per heavy atom. The summed E-state index contributed by atoms with van der Waals surface area (Å²) in [5, 5.41) is 0. The molecule has 0 unspecified atom stereocenters. The zero-order valence-electron chi connectivity index (χ0n) is 9.79. The maximum absolute atomic E-state index is 12.7. The third-order valence-electron chi connectivity index (χ3n) is 2.23. The normalized spacial score (nSPS) is 11.6. The second-order valence-corrected chi connectivity index (χ2v) is 3.49. The lowest BCUT2D eigenvalue weighted by Crippen LogP contribution is -2.26. The molecule has 0 saturated heterocycles. The zero-order chi connectivity index (χ0) is 12.9. The summed E-state index contributed by atoms with van der Waals surface area (Å²) in [6.45, 7) is 3.12. The van der Waals surface area contributed by atoms with Gasteiger partial charge >= 0.3 is 6.18 Å². The first-order valence-corrected chi connectivity index (χ1v) is 5.28. The average molecular weight is 248 g/mol. The Morgan fingerprint density at radius 3 is 2.71 bits per heavy atom. The molecule has 0 N–H and O–H groups in total. The smallest absolute Gasteiger partial charge is 0.380 e. The summed E-state index contributed by atoms with van der Waals surface area (Å²) < 4.78 is 43.2. The van der Waals surface area contributed by atoms with E-state index in [1.165, 1.54) is 17.2 Å². The van der Waals surface area contributed by atoms with E-state index in [4.69, 9.17) is 4.74 Å². The van der Waals surface area contributed by atoms with E-state index in [-0.39, 0.29) is 5.82 Å². The van der Waals surface area contributed by atoms with Crippen LogP contribution in [0.2, 0.25) is 0 Å². The van der Waals surface area contributed by atoms with Crippen LogP contribution in [0.15, 0.2) is 18.3 Å². The molecule has 3 nitrogen and oxygen atoms in total. The van der Waals surface area contributed by atoms with Crippen LogP contribution in [0, 0.1) is 0 Å². The molecule has 0 atom stereocenters. The maximum atomic E-state index is 12.7. The van der Waals surface area contributed by atoms with Crippen LogP contribution in [0.3, 0.4) is 0 Å². The molecule has 0 aliphatic heterocycles. The van der Waals surface area contributed by atoms with E-state index < -0.39 is 11.7 Å². The number of hydrogen-bond acceptors (Lipinski definition) is 3. The largest absolute Gasteiger partial charge is 0.419 e. The summed E-state index contributed by atoms with van der Waals surface area (Å²) in [6.07, 6.45) is -3.04. The van der Waals surface area contributed by atoms with Crippen LogP contribution in [0.4, 0.5) is 19.0 Å². The highest BCUT2D eigenvalue weighted by Crippen LogP contribution is 2.34. The number of hydrogen-bond donors (Lipinski definition) is 0. The van der Waals surface area contributed by atoms with E-state index in [1.807, 2.05) is 6.92 Å². The highest BCUT2D eigenvalue weighted by Gasteiger charge is 2.34. The Balaban J connectivity index is 2.82. The van der Waals surface area contributed by atoms with Gasteiger partial charge in [-0.1, -0.05) is 0 Å². The van der Waals surface area contributed by atoms with Crippen molar-refractivity contribution in [2.75, 3.05) is 31.7 Å². The van der Waals surface area contributed by atoms with Crippen LogP contribution in [0.5, 0.6) is 0 Å². The molecular weight excluding hydrogens is 233 g/mol. The molecular formula is C11H15F3N2O. The van der Waals surface area contributed by atoms with Crippen molar-refractivity contribution in [2.24, 2.45) is 0 Å². The molecule has 0 spiro atoms. The Bertz CT molecular complexity index is 355. The maximum Gasteiger partial charge on any atom is 0.419 e. The average Bonchev–Trinajstić information content (AvgIpc) is 2.28. The molecule has 6 heteroatoms. The zero-order valence-corrected chi connectivity index (χ0v) is 9.79. The van der Waals surface area contributed by atoms with Gasteiger partial charge in [0.2, 0.25) is 0 Å². The number of aromatic nitrogens is 1. The summed E-state index contributed by atoms with van der Waals surface area (Å²) >= 11 is 0. The third-order valence-corrected chi connectivity index (χ3v) is 2.23. The van der Waals surface area contributed by atoms with Crippen molar-refractivity contribution in [3.63, 3.8) is 0 Å². The lowest BCUT2D eigenvalue weighted by molar-refractivity contribution is -0.137. The molecule has 0 fully saturated rings. The van der Waals surface area contributed by atoms with Gasteiger partial charge < -0.3 is 9.64 Å². The third kappa shape index (κ3) is 3.89. The van der Waals surface area contributed by atoms with E-state index in [1.54, 1.807) is 7.05 Å².